The van der Waals surface area contributed by atoms with Gasteiger partial charge in [-0.15, -0.1) is 0 Å². The van der Waals surface area contributed by atoms with Gasteiger partial charge in [0.1, 0.15) is 16.4 Å². The van der Waals surface area contributed by atoms with Crippen LogP contribution in [0, 0.1) is 20.2 Å². The second kappa shape index (κ2) is 9.18. The summed E-state index contributed by atoms with van der Waals surface area (Å²) in [5.41, 5.74) is -2.38. The number of ketones is 1. The van der Waals surface area contributed by atoms with Gasteiger partial charge in [0.2, 0.25) is 0 Å². The maximum absolute atomic E-state index is 12.8. The Labute approximate surface area is 196 Å². The van der Waals surface area contributed by atoms with Crippen LogP contribution in [0.4, 0.5) is 11.4 Å². The van der Waals surface area contributed by atoms with Gasteiger partial charge in [-0.2, -0.15) is 16.8 Å². The number of nitrogens with zero attached hydrogens (tertiary/aromatic N) is 2. The average Bonchev–Trinajstić information content (AvgIpc) is 2.77. The molecule has 0 spiro atoms. The first-order valence-electron chi connectivity index (χ1n) is 9.02. The molecular formula is C19H12N2O12S2. The number of nitro groups is 2. The Morgan fingerprint density at radius 2 is 1.29 bits per heavy atom. The van der Waals surface area contributed by atoms with Crippen molar-refractivity contribution < 1.29 is 45.3 Å². The van der Waals surface area contributed by atoms with Crippen molar-refractivity contribution in [2.75, 3.05) is 0 Å². The van der Waals surface area contributed by atoms with Crippen LogP contribution in [0.3, 0.4) is 0 Å². The van der Waals surface area contributed by atoms with Crippen molar-refractivity contribution in [1.29, 1.82) is 0 Å². The summed E-state index contributed by atoms with van der Waals surface area (Å²) in [5.74, 6) is -1.60. The smallest absolute Gasteiger partial charge is 0.298 e. The molecule has 0 fully saturated rings. The van der Waals surface area contributed by atoms with Crippen LogP contribution in [0.15, 0.2) is 70.5 Å². The van der Waals surface area contributed by atoms with Gasteiger partial charge in [-0.3, -0.25) is 34.1 Å². The monoisotopic (exact) mass is 524 g/mol. The van der Waals surface area contributed by atoms with Crippen molar-refractivity contribution in [1.82, 2.24) is 0 Å². The van der Waals surface area contributed by atoms with Gasteiger partial charge in [-0.1, -0.05) is 0 Å². The highest BCUT2D eigenvalue weighted by molar-refractivity contribution is 7.86. The zero-order valence-corrected chi connectivity index (χ0v) is 18.6. The predicted molar refractivity (Wildman–Crippen MR) is 116 cm³/mol. The summed E-state index contributed by atoms with van der Waals surface area (Å²) in [5, 5.41) is 22.1. The number of carbonyl (C=O) groups excluding carboxylic acids is 1. The number of non-ortho nitro benzene ring substituents is 2. The summed E-state index contributed by atoms with van der Waals surface area (Å²) in [7, 11) is -9.49. The van der Waals surface area contributed by atoms with Crippen molar-refractivity contribution in [3.05, 3.63) is 92.0 Å². The summed E-state index contributed by atoms with van der Waals surface area (Å²) in [4.78, 5) is 31.7. The number of hydrogen-bond acceptors (Lipinski definition) is 10. The molecule has 182 valence electrons. The van der Waals surface area contributed by atoms with E-state index < -0.39 is 73.9 Å². The van der Waals surface area contributed by atoms with E-state index in [-0.39, 0.29) is 5.75 Å². The van der Waals surface area contributed by atoms with E-state index in [2.05, 4.69) is 0 Å². The molecule has 0 aromatic heterocycles. The third-order valence-electron chi connectivity index (χ3n) is 4.42. The fourth-order valence-electron chi connectivity index (χ4n) is 2.85. The van der Waals surface area contributed by atoms with E-state index in [1.165, 1.54) is 0 Å². The van der Waals surface area contributed by atoms with E-state index in [9.17, 15) is 46.4 Å². The van der Waals surface area contributed by atoms with Crippen LogP contribution in [0.5, 0.6) is 11.5 Å². The van der Waals surface area contributed by atoms with E-state index >= 15 is 0 Å². The Morgan fingerprint density at radius 1 is 0.743 bits per heavy atom. The maximum atomic E-state index is 12.8. The molecule has 14 nitrogen and oxygen atoms in total. The summed E-state index contributed by atoms with van der Waals surface area (Å²) in [6.45, 7) is 0. The largest absolute Gasteiger partial charge is 0.456 e. The quantitative estimate of drug-likeness (QED) is 0.188. The molecule has 0 radical (unpaired) electrons. The molecule has 0 aliphatic heterocycles. The minimum Gasteiger partial charge on any atom is -0.456 e. The number of carbonyl (C=O) groups is 1. The lowest BCUT2D eigenvalue weighted by Crippen LogP contribution is -2.07. The van der Waals surface area contributed by atoms with E-state index in [1.54, 1.807) is 0 Å². The number of rotatable bonds is 8. The molecular weight excluding hydrogens is 512 g/mol. The fourth-order valence-corrected chi connectivity index (χ4v) is 3.97. The van der Waals surface area contributed by atoms with Crippen molar-refractivity contribution in [2.45, 2.75) is 9.79 Å². The average molecular weight is 524 g/mol. The standard InChI is InChI=1S/C19H12N2O12S2/c22-19(12-7-13(20(23)24)10-14(8-12)21(25)26)11-1-6-17(18(9-11)35(30,31)32)33-15-2-4-16(5-3-15)34(27,28)29/h1-10H,(H,27,28,29)(H,30,31,32). The molecule has 0 atom stereocenters. The highest BCUT2D eigenvalue weighted by Crippen LogP contribution is 2.32. The molecule has 3 aromatic rings. The van der Waals surface area contributed by atoms with E-state index in [4.69, 9.17) is 9.29 Å². The van der Waals surface area contributed by atoms with Gasteiger partial charge in [0.15, 0.2) is 5.78 Å². The van der Waals surface area contributed by atoms with Crippen LogP contribution in [0.1, 0.15) is 15.9 Å². The normalized spacial score (nSPS) is 11.6. The van der Waals surface area contributed by atoms with Crippen LogP contribution in [0.25, 0.3) is 0 Å². The highest BCUT2D eigenvalue weighted by Gasteiger charge is 2.24. The molecule has 0 amide bonds. The lowest BCUT2D eigenvalue weighted by atomic mass is 10.0. The van der Waals surface area contributed by atoms with Gasteiger partial charge in [-0.05, 0) is 42.5 Å². The minimum atomic E-state index is -5.00. The van der Waals surface area contributed by atoms with Crippen LogP contribution in [0.2, 0.25) is 0 Å². The summed E-state index contributed by atoms with van der Waals surface area (Å²) in [6.07, 6.45) is 0. The molecule has 0 saturated carbocycles. The van der Waals surface area contributed by atoms with Crippen LogP contribution in [-0.2, 0) is 20.2 Å². The molecule has 0 heterocycles. The molecule has 0 bridgehead atoms. The first-order chi connectivity index (χ1) is 16.2. The molecule has 0 aliphatic rings. The first-order valence-corrected chi connectivity index (χ1v) is 11.9. The van der Waals surface area contributed by atoms with Gasteiger partial charge in [0.25, 0.3) is 31.6 Å². The third kappa shape index (κ3) is 5.82. The second-order valence-electron chi connectivity index (χ2n) is 6.77. The van der Waals surface area contributed by atoms with Crippen molar-refractivity contribution in [2.24, 2.45) is 0 Å². The SMILES string of the molecule is O=C(c1cc([N+](=O)[O-])cc([N+](=O)[O-])c1)c1ccc(Oc2ccc(S(=O)(=O)O)cc2)c(S(=O)(=O)O)c1. The maximum Gasteiger partial charge on any atom is 0.298 e. The third-order valence-corrected chi connectivity index (χ3v) is 6.16. The summed E-state index contributed by atoms with van der Waals surface area (Å²) >= 11 is 0. The summed E-state index contributed by atoms with van der Waals surface area (Å²) in [6, 6.07) is 8.98. The Balaban J connectivity index is 2.04. The van der Waals surface area contributed by atoms with E-state index in [0.717, 1.165) is 48.5 Å². The van der Waals surface area contributed by atoms with Gasteiger partial charge in [0, 0.05) is 23.3 Å². The molecule has 0 saturated heterocycles. The topological polar surface area (TPSA) is 221 Å². The number of benzene rings is 3. The van der Waals surface area contributed by atoms with Gasteiger partial charge >= 0.3 is 0 Å². The Morgan fingerprint density at radius 3 is 1.74 bits per heavy atom. The van der Waals surface area contributed by atoms with Gasteiger partial charge < -0.3 is 4.74 Å². The number of hydrogen-bond donors (Lipinski definition) is 2. The molecule has 0 unspecified atom stereocenters. The molecule has 16 heteroatoms. The molecule has 2 N–H and O–H groups in total. The number of nitro benzene ring substituents is 2. The first kappa shape index (κ1) is 25.4. The van der Waals surface area contributed by atoms with E-state index in [1.807, 2.05) is 0 Å². The van der Waals surface area contributed by atoms with Crippen LogP contribution in [-0.4, -0.2) is 41.6 Å². The molecule has 3 aromatic carbocycles. The zero-order chi connectivity index (χ0) is 26.1. The highest BCUT2D eigenvalue weighted by atomic mass is 32.2. The van der Waals surface area contributed by atoms with Crippen molar-refractivity contribution in [3.8, 4) is 11.5 Å². The second-order valence-corrected chi connectivity index (χ2v) is 9.58. The number of ether oxygens (including phenoxy) is 1. The predicted octanol–water partition coefficient (Wildman–Crippen LogP) is 3.02. The Hall–Kier alpha value is -4.25. The van der Waals surface area contributed by atoms with Crippen LogP contribution < -0.4 is 4.74 Å². The van der Waals surface area contributed by atoms with E-state index in [0.29, 0.717) is 12.1 Å². The van der Waals surface area contributed by atoms with Crippen molar-refractivity contribution >= 4 is 37.4 Å². The fraction of sp³-hybridized carbons (Fsp3) is 0. The summed E-state index contributed by atoms with van der Waals surface area (Å²) < 4.78 is 70.0. The zero-order valence-electron chi connectivity index (χ0n) is 17.0. The van der Waals surface area contributed by atoms with Crippen molar-refractivity contribution in [3.63, 3.8) is 0 Å². The lowest BCUT2D eigenvalue weighted by Gasteiger charge is -2.11. The van der Waals surface area contributed by atoms with Crippen LogP contribution >= 0.6 is 0 Å². The lowest BCUT2D eigenvalue weighted by molar-refractivity contribution is -0.394. The molecule has 0 aliphatic carbocycles. The Kier molecular flexibility index (Phi) is 6.66. The minimum absolute atomic E-state index is 0.101. The van der Waals surface area contributed by atoms with Gasteiger partial charge in [-0.25, -0.2) is 0 Å². The molecule has 3 rings (SSSR count). The Bertz CT molecular complexity index is 1550. The molecule has 35 heavy (non-hydrogen) atoms. The van der Waals surface area contributed by atoms with Gasteiger partial charge in [0.05, 0.1) is 20.8 Å².